The summed E-state index contributed by atoms with van der Waals surface area (Å²) in [4.78, 5) is 24.2. The highest BCUT2D eigenvalue weighted by Crippen LogP contribution is 2.27. The average Bonchev–Trinajstić information content (AvgIpc) is 2.61. The second kappa shape index (κ2) is 8.57. The predicted octanol–water partition coefficient (Wildman–Crippen LogP) is 2.13. The standard InChI is InChI=1S/C18H26N2O4/c1-12-6-4-5-7-14(12)20-17(21)11-19-18(22)13-8-9-15(23-2)16(10-13)24-3/h8-10,12,14H,4-7,11H2,1-3H3,(H,19,22)(H,20,21). The lowest BCUT2D eigenvalue weighted by atomic mass is 9.86. The normalized spacial score (nSPS) is 20.1. The van der Waals surface area contributed by atoms with Crippen LogP contribution in [0.3, 0.4) is 0 Å². The van der Waals surface area contributed by atoms with Gasteiger partial charge in [-0.25, -0.2) is 0 Å². The molecule has 2 unspecified atom stereocenters. The van der Waals surface area contributed by atoms with E-state index < -0.39 is 0 Å². The summed E-state index contributed by atoms with van der Waals surface area (Å²) in [6.45, 7) is 2.13. The molecule has 1 aromatic rings. The zero-order chi connectivity index (χ0) is 17.5. The zero-order valence-electron chi connectivity index (χ0n) is 14.6. The average molecular weight is 334 g/mol. The van der Waals surface area contributed by atoms with Crippen molar-refractivity contribution in [3.63, 3.8) is 0 Å². The van der Waals surface area contributed by atoms with Gasteiger partial charge in [-0.1, -0.05) is 19.8 Å². The monoisotopic (exact) mass is 334 g/mol. The van der Waals surface area contributed by atoms with Crippen molar-refractivity contribution >= 4 is 11.8 Å². The lowest BCUT2D eigenvalue weighted by Gasteiger charge is -2.29. The summed E-state index contributed by atoms with van der Waals surface area (Å²) < 4.78 is 10.3. The van der Waals surface area contributed by atoms with E-state index in [0.717, 1.165) is 19.3 Å². The summed E-state index contributed by atoms with van der Waals surface area (Å²) in [7, 11) is 3.05. The minimum absolute atomic E-state index is 0.0314. The molecular formula is C18H26N2O4. The van der Waals surface area contributed by atoms with E-state index in [9.17, 15) is 9.59 Å². The van der Waals surface area contributed by atoms with Gasteiger partial charge in [0, 0.05) is 11.6 Å². The second-order valence-electron chi connectivity index (χ2n) is 6.19. The maximum Gasteiger partial charge on any atom is 0.251 e. The topological polar surface area (TPSA) is 76.7 Å². The van der Waals surface area contributed by atoms with Gasteiger partial charge in [-0.05, 0) is 37.0 Å². The fraction of sp³-hybridized carbons (Fsp3) is 0.556. The van der Waals surface area contributed by atoms with Crippen LogP contribution >= 0.6 is 0 Å². The third-order valence-corrected chi connectivity index (χ3v) is 4.51. The summed E-state index contributed by atoms with van der Waals surface area (Å²) in [6, 6.07) is 5.11. The number of hydrogen-bond donors (Lipinski definition) is 2. The summed E-state index contributed by atoms with van der Waals surface area (Å²) in [6.07, 6.45) is 4.52. The minimum atomic E-state index is -0.317. The van der Waals surface area contributed by atoms with Crippen molar-refractivity contribution in [3.05, 3.63) is 23.8 Å². The quantitative estimate of drug-likeness (QED) is 0.835. The summed E-state index contributed by atoms with van der Waals surface area (Å²) in [5.41, 5.74) is 0.423. The first-order valence-electron chi connectivity index (χ1n) is 8.34. The van der Waals surface area contributed by atoms with Crippen LogP contribution in [0.5, 0.6) is 11.5 Å². The molecule has 0 spiro atoms. The summed E-state index contributed by atoms with van der Waals surface area (Å²) >= 11 is 0. The molecule has 2 rings (SSSR count). The Labute approximate surface area is 142 Å². The van der Waals surface area contributed by atoms with Crippen LogP contribution in [0.4, 0.5) is 0 Å². The molecule has 2 N–H and O–H groups in total. The van der Waals surface area contributed by atoms with Gasteiger partial charge in [0.25, 0.3) is 5.91 Å². The van der Waals surface area contributed by atoms with E-state index in [0.29, 0.717) is 23.0 Å². The van der Waals surface area contributed by atoms with Gasteiger partial charge in [-0.2, -0.15) is 0 Å². The number of benzene rings is 1. The molecule has 6 heteroatoms. The molecule has 0 aromatic heterocycles. The van der Waals surface area contributed by atoms with Gasteiger partial charge in [-0.3, -0.25) is 9.59 Å². The van der Waals surface area contributed by atoms with Gasteiger partial charge in [0.1, 0.15) is 0 Å². The fourth-order valence-corrected chi connectivity index (χ4v) is 3.03. The van der Waals surface area contributed by atoms with Crippen molar-refractivity contribution < 1.29 is 19.1 Å². The van der Waals surface area contributed by atoms with Crippen LogP contribution in [0.15, 0.2) is 18.2 Å². The van der Waals surface area contributed by atoms with E-state index in [1.54, 1.807) is 18.2 Å². The molecule has 0 heterocycles. The number of methoxy groups -OCH3 is 2. The van der Waals surface area contributed by atoms with Gasteiger partial charge in [0.05, 0.1) is 20.8 Å². The van der Waals surface area contributed by atoms with Crippen molar-refractivity contribution in [3.8, 4) is 11.5 Å². The van der Waals surface area contributed by atoms with Crippen molar-refractivity contribution in [2.45, 2.75) is 38.6 Å². The predicted molar refractivity (Wildman–Crippen MR) is 91.4 cm³/mol. The third-order valence-electron chi connectivity index (χ3n) is 4.51. The highest BCUT2D eigenvalue weighted by Gasteiger charge is 2.22. The number of carbonyl (C=O) groups is 2. The van der Waals surface area contributed by atoms with E-state index in [-0.39, 0.29) is 24.4 Å². The summed E-state index contributed by atoms with van der Waals surface area (Å²) in [5.74, 6) is 1.05. The summed E-state index contributed by atoms with van der Waals surface area (Å²) in [5, 5.41) is 5.66. The first kappa shape index (κ1) is 18.1. The van der Waals surface area contributed by atoms with Crippen LogP contribution in [0.25, 0.3) is 0 Å². The second-order valence-corrected chi connectivity index (χ2v) is 6.19. The Morgan fingerprint density at radius 1 is 1.12 bits per heavy atom. The molecule has 1 saturated carbocycles. The molecule has 1 aromatic carbocycles. The molecule has 0 saturated heterocycles. The van der Waals surface area contributed by atoms with Crippen molar-refractivity contribution in [1.82, 2.24) is 10.6 Å². The van der Waals surface area contributed by atoms with Gasteiger partial charge >= 0.3 is 0 Å². The number of nitrogens with one attached hydrogen (secondary N) is 2. The first-order chi connectivity index (χ1) is 11.5. The minimum Gasteiger partial charge on any atom is -0.493 e. The molecule has 24 heavy (non-hydrogen) atoms. The van der Waals surface area contributed by atoms with E-state index in [2.05, 4.69) is 17.6 Å². The maximum atomic E-state index is 12.2. The molecule has 1 aliphatic carbocycles. The zero-order valence-corrected chi connectivity index (χ0v) is 14.6. The van der Waals surface area contributed by atoms with Crippen molar-refractivity contribution in [1.29, 1.82) is 0 Å². The molecule has 1 aliphatic rings. The van der Waals surface area contributed by atoms with E-state index in [4.69, 9.17) is 9.47 Å². The van der Waals surface area contributed by atoms with Gasteiger partial charge < -0.3 is 20.1 Å². The molecule has 2 atom stereocenters. The van der Waals surface area contributed by atoms with Crippen molar-refractivity contribution in [2.75, 3.05) is 20.8 Å². The lowest BCUT2D eigenvalue weighted by molar-refractivity contribution is -0.121. The van der Waals surface area contributed by atoms with E-state index >= 15 is 0 Å². The van der Waals surface area contributed by atoms with Crippen LogP contribution in [0, 0.1) is 5.92 Å². The molecule has 6 nitrogen and oxygen atoms in total. The number of carbonyl (C=O) groups excluding carboxylic acids is 2. The van der Waals surface area contributed by atoms with E-state index in [1.807, 2.05) is 0 Å². The highest BCUT2D eigenvalue weighted by atomic mass is 16.5. The van der Waals surface area contributed by atoms with Gasteiger partial charge in [0.2, 0.25) is 5.91 Å². The largest absolute Gasteiger partial charge is 0.493 e. The molecule has 132 valence electrons. The Hall–Kier alpha value is -2.24. The number of hydrogen-bond acceptors (Lipinski definition) is 4. The molecular weight excluding hydrogens is 308 g/mol. The Kier molecular flexibility index (Phi) is 6.46. The number of rotatable bonds is 6. The lowest BCUT2D eigenvalue weighted by Crippen LogP contribution is -2.45. The Bertz CT molecular complexity index is 588. The Morgan fingerprint density at radius 2 is 1.83 bits per heavy atom. The molecule has 0 radical (unpaired) electrons. The first-order valence-corrected chi connectivity index (χ1v) is 8.34. The highest BCUT2D eigenvalue weighted by molar-refractivity contribution is 5.97. The van der Waals surface area contributed by atoms with Crippen LogP contribution in [-0.2, 0) is 4.79 Å². The van der Waals surface area contributed by atoms with Crippen LogP contribution in [-0.4, -0.2) is 38.6 Å². The van der Waals surface area contributed by atoms with Crippen molar-refractivity contribution in [2.24, 2.45) is 5.92 Å². The molecule has 0 bridgehead atoms. The SMILES string of the molecule is COc1ccc(C(=O)NCC(=O)NC2CCCCC2C)cc1OC. The fourth-order valence-electron chi connectivity index (χ4n) is 3.03. The maximum absolute atomic E-state index is 12.2. The Morgan fingerprint density at radius 3 is 2.50 bits per heavy atom. The molecule has 1 fully saturated rings. The van der Waals surface area contributed by atoms with Crippen LogP contribution in [0.1, 0.15) is 43.0 Å². The third kappa shape index (κ3) is 4.63. The molecule has 2 amide bonds. The van der Waals surface area contributed by atoms with Gasteiger partial charge in [-0.15, -0.1) is 0 Å². The van der Waals surface area contributed by atoms with Crippen LogP contribution < -0.4 is 20.1 Å². The van der Waals surface area contributed by atoms with Crippen LogP contribution in [0.2, 0.25) is 0 Å². The van der Waals surface area contributed by atoms with E-state index in [1.165, 1.54) is 20.6 Å². The van der Waals surface area contributed by atoms with Gasteiger partial charge in [0.15, 0.2) is 11.5 Å². The number of amides is 2. The molecule has 0 aliphatic heterocycles. The number of ether oxygens (including phenoxy) is 2. The Balaban J connectivity index is 1.87. The smallest absolute Gasteiger partial charge is 0.251 e.